The predicted octanol–water partition coefficient (Wildman–Crippen LogP) is 3.20. The SMILES string of the molecule is O=C1[C@@H]2CN(Cc3ccccc3)C[C@H]2c2cccc3c2N1CCC3. The zero-order valence-corrected chi connectivity index (χ0v) is 13.8. The van der Waals surface area contributed by atoms with Gasteiger partial charge in [-0.2, -0.15) is 0 Å². The van der Waals surface area contributed by atoms with Gasteiger partial charge in [0.25, 0.3) is 0 Å². The lowest BCUT2D eigenvalue weighted by molar-refractivity contribution is -0.123. The highest BCUT2D eigenvalue weighted by atomic mass is 16.2. The topological polar surface area (TPSA) is 23.6 Å². The minimum atomic E-state index is 0.134. The van der Waals surface area contributed by atoms with Gasteiger partial charge < -0.3 is 4.90 Å². The normalized spacial score (nSPS) is 25.5. The lowest BCUT2D eigenvalue weighted by Gasteiger charge is -2.40. The number of likely N-dealkylation sites (tertiary alicyclic amines) is 1. The van der Waals surface area contributed by atoms with Gasteiger partial charge in [0.2, 0.25) is 5.91 Å². The Morgan fingerprint density at radius 3 is 2.67 bits per heavy atom. The predicted molar refractivity (Wildman–Crippen MR) is 95.1 cm³/mol. The van der Waals surface area contributed by atoms with E-state index >= 15 is 0 Å². The first-order chi connectivity index (χ1) is 11.8. The Hall–Kier alpha value is -2.13. The third-order valence-corrected chi connectivity index (χ3v) is 5.88. The molecule has 0 unspecified atom stereocenters. The zero-order chi connectivity index (χ0) is 16.1. The van der Waals surface area contributed by atoms with Crippen LogP contribution in [0, 0.1) is 5.92 Å². The van der Waals surface area contributed by atoms with E-state index in [0.717, 1.165) is 39.0 Å². The summed E-state index contributed by atoms with van der Waals surface area (Å²) in [6.45, 7) is 3.72. The summed E-state index contributed by atoms with van der Waals surface area (Å²) in [6.07, 6.45) is 2.20. The molecule has 5 rings (SSSR count). The van der Waals surface area contributed by atoms with Crippen LogP contribution in [0.5, 0.6) is 0 Å². The van der Waals surface area contributed by atoms with Crippen molar-refractivity contribution in [2.24, 2.45) is 5.92 Å². The highest BCUT2D eigenvalue weighted by molar-refractivity contribution is 6.00. The highest BCUT2D eigenvalue weighted by Crippen LogP contribution is 2.46. The zero-order valence-electron chi connectivity index (χ0n) is 13.8. The first kappa shape index (κ1) is 14.2. The lowest BCUT2D eigenvalue weighted by atomic mass is 9.80. The molecular formula is C21H22N2O. The van der Waals surface area contributed by atoms with Gasteiger partial charge in [0.1, 0.15) is 0 Å². The van der Waals surface area contributed by atoms with Crippen LogP contribution in [-0.4, -0.2) is 30.4 Å². The van der Waals surface area contributed by atoms with Gasteiger partial charge >= 0.3 is 0 Å². The van der Waals surface area contributed by atoms with E-state index in [-0.39, 0.29) is 5.92 Å². The average Bonchev–Trinajstić information content (AvgIpc) is 3.04. The maximum Gasteiger partial charge on any atom is 0.232 e. The molecule has 3 aliphatic heterocycles. The summed E-state index contributed by atoms with van der Waals surface area (Å²) in [5.74, 6) is 0.857. The fourth-order valence-electron chi connectivity index (χ4n) is 4.82. The molecule has 2 aromatic rings. The number of para-hydroxylation sites is 1. The summed E-state index contributed by atoms with van der Waals surface area (Å²) in [6, 6.07) is 17.2. The van der Waals surface area contributed by atoms with Crippen molar-refractivity contribution < 1.29 is 4.79 Å². The fraction of sp³-hybridized carbons (Fsp3) is 0.381. The van der Waals surface area contributed by atoms with Crippen molar-refractivity contribution in [2.75, 3.05) is 24.5 Å². The Bertz CT molecular complexity index is 786. The van der Waals surface area contributed by atoms with Gasteiger partial charge in [-0.05, 0) is 29.5 Å². The lowest BCUT2D eigenvalue weighted by Crippen LogP contribution is -2.45. The molecule has 0 saturated carbocycles. The standard InChI is InChI=1S/C21H22N2O/c24-21-19-14-22(12-15-6-2-1-3-7-15)13-18(19)17-10-4-8-16-9-5-11-23(21)20(16)17/h1-4,6-8,10,18-19H,5,9,11-14H2/t18-,19+/m0/s1. The summed E-state index contributed by atoms with van der Waals surface area (Å²) < 4.78 is 0. The van der Waals surface area contributed by atoms with Crippen LogP contribution in [0.15, 0.2) is 48.5 Å². The quantitative estimate of drug-likeness (QED) is 0.849. The molecule has 1 amide bonds. The van der Waals surface area contributed by atoms with Crippen LogP contribution in [0.1, 0.15) is 29.0 Å². The van der Waals surface area contributed by atoms with Gasteiger partial charge in [-0.15, -0.1) is 0 Å². The molecule has 3 aliphatic rings. The minimum Gasteiger partial charge on any atom is -0.312 e. The second-order valence-electron chi connectivity index (χ2n) is 7.34. The number of fused-ring (bicyclic) bond motifs is 2. The van der Waals surface area contributed by atoms with E-state index in [1.165, 1.54) is 22.4 Å². The second kappa shape index (κ2) is 5.45. The van der Waals surface area contributed by atoms with E-state index in [4.69, 9.17) is 0 Å². The Labute approximate surface area is 142 Å². The molecule has 0 radical (unpaired) electrons. The Balaban J connectivity index is 1.48. The summed E-state index contributed by atoms with van der Waals surface area (Å²) >= 11 is 0. The molecule has 2 atom stereocenters. The molecule has 3 heteroatoms. The molecule has 24 heavy (non-hydrogen) atoms. The van der Waals surface area contributed by atoms with E-state index in [2.05, 4.69) is 58.3 Å². The van der Waals surface area contributed by atoms with Crippen LogP contribution in [-0.2, 0) is 17.8 Å². The number of hydrogen-bond donors (Lipinski definition) is 0. The average molecular weight is 318 g/mol. The third kappa shape index (κ3) is 2.11. The van der Waals surface area contributed by atoms with E-state index in [1.807, 2.05) is 0 Å². The Kier molecular flexibility index (Phi) is 3.23. The van der Waals surface area contributed by atoms with Crippen molar-refractivity contribution >= 4 is 11.6 Å². The van der Waals surface area contributed by atoms with Crippen molar-refractivity contribution in [2.45, 2.75) is 25.3 Å². The molecule has 3 heterocycles. The molecule has 0 N–H and O–H groups in total. The maximum absolute atomic E-state index is 13.1. The van der Waals surface area contributed by atoms with E-state index in [9.17, 15) is 4.79 Å². The van der Waals surface area contributed by atoms with Crippen molar-refractivity contribution in [3.63, 3.8) is 0 Å². The highest BCUT2D eigenvalue weighted by Gasteiger charge is 2.46. The van der Waals surface area contributed by atoms with Gasteiger partial charge in [0, 0.05) is 32.1 Å². The Morgan fingerprint density at radius 1 is 0.958 bits per heavy atom. The number of hydrogen-bond acceptors (Lipinski definition) is 2. The van der Waals surface area contributed by atoms with Gasteiger partial charge in [-0.3, -0.25) is 9.69 Å². The van der Waals surface area contributed by atoms with Crippen LogP contribution in [0.2, 0.25) is 0 Å². The minimum absolute atomic E-state index is 0.134. The smallest absolute Gasteiger partial charge is 0.232 e. The van der Waals surface area contributed by atoms with Crippen LogP contribution in [0.3, 0.4) is 0 Å². The second-order valence-corrected chi connectivity index (χ2v) is 7.34. The number of rotatable bonds is 2. The molecule has 3 nitrogen and oxygen atoms in total. The molecule has 0 aliphatic carbocycles. The monoisotopic (exact) mass is 318 g/mol. The van der Waals surface area contributed by atoms with E-state index in [0.29, 0.717) is 11.8 Å². The number of carbonyl (C=O) groups is 1. The van der Waals surface area contributed by atoms with Crippen LogP contribution < -0.4 is 4.90 Å². The molecule has 0 aromatic heterocycles. The number of aryl methyl sites for hydroxylation is 1. The molecular weight excluding hydrogens is 296 g/mol. The van der Waals surface area contributed by atoms with Crippen LogP contribution in [0.25, 0.3) is 0 Å². The van der Waals surface area contributed by atoms with Gasteiger partial charge in [-0.25, -0.2) is 0 Å². The van der Waals surface area contributed by atoms with Gasteiger partial charge in [-0.1, -0.05) is 48.5 Å². The molecule has 1 saturated heterocycles. The third-order valence-electron chi connectivity index (χ3n) is 5.88. The molecule has 2 aromatic carbocycles. The Morgan fingerprint density at radius 2 is 1.79 bits per heavy atom. The van der Waals surface area contributed by atoms with Crippen molar-refractivity contribution in [1.82, 2.24) is 4.90 Å². The van der Waals surface area contributed by atoms with Gasteiger partial charge in [0.15, 0.2) is 0 Å². The summed E-state index contributed by atoms with van der Waals surface area (Å²) in [7, 11) is 0. The van der Waals surface area contributed by atoms with E-state index < -0.39 is 0 Å². The maximum atomic E-state index is 13.1. The number of carbonyl (C=O) groups excluding carboxylic acids is 1. The summed E-state index contributed by atoms with van der Waals surface area (Å²) in [5.41, 5.74) is 5.36. The fourth-order valence-corrected chi connectivity index (χ4v) is 4.82. The largest absolute Gasteiger partial charge is 0.312 e. The van der Waals surface area contributed by atoms with Gasteiger partial charge in [0.05, 0.1) is 11.6 Å². The first-order valence-corrected chi connectivity index (χ1v) is 9.01. The van der Waals surface area contributed by atoms with Crippen molar-refractivity contribution in [3.05, 3.63) is 65.2 Å². The van der Waals surface area contributed by atoms with Crippen LogP contribution >= 0.6 is 0 Å². The summed E-state index contributed by atoms with van der Waals surface area (Å²) in [4.78, 5) is 17.6. The van der Waals surface area contributed by atoms with E-state index in [1.54, 1.807) is 0 Å². The summed E-state index contributed by atoms with van der Waals surface area (Å²) in [5, 5.41) is 0. The number of benzene rings is 2. The van der Waals surface area contributed by atoms with Crippen molar-refractivity contribution in [1.29, 1.82) is 0 Å². The molecule has 1 fully saturated rings. The molecule has 0 spiro atoms. The number of nitrogens with zero attached hydrogens (tertiary/aromatic N) is 2. The molecule has 122 valence electrons. The first-order valence-electron chi connectivity index (χ1n) is 9.01. The van der Waals surface area contributed by atoms with Crippen LogP contribution in [0.4, 0.5) is 5.69 Å². The number of amides is 1. The number of anilines is 1. The van der Waals surface area contributed by atoms with Crippen molar-refractivity contribution in [3.8, 4) is 0 Å². The molecule has 0 bridgehead atoms.